The number of nitrogens with one attached hydrogen (secondary N) is 1. The normalized spacial score (nSPS) is 12.4. The second kappa shape index (κ2) is 5.80. The van der Waals surface area contributed by atoms with Gasteiger partial charge in [-0.3, -0.25) is 4.98 Å². The lowest BCUT2D eigenvalue weighted by molar-refractivity contribution is 0.463. The van der Waals surface area contributed by atoms with Gasteiger partial charge in [0.1, 0.15) is 11.6 Å². The summed E-state index contributed by atoms with van der Waals surface area (Å²) < 4.78 is 13.7. The fourth-order valence-corrected chi connectivity index (χ4v) is 1.93. The first-order valence-electron chi connectivity index (χ1n) is 6.20. The number of hydrogen-bond donors (Lipinski definition) is 2. The van der Waals surface area contributed by atoms with Crippen molar-refractivity contribution in [2.24, 2.45) is 0 Å². The van der Waals surface area contributed by atoms with E-state index in [0.717, 1.165) is 17.3 Å². The van der Waals surface area contributed by atoms with E-state index in [4.69, 9.17) is 0 Å². The fourth-order valence-electron chi connectivity index (χ4n) is 1.93. The summed E-state index contributed by atoms with van der Waals surface area (Å²) in [5.74, 6) is -0.466. The average Bonchev–Trinajstić information content (AvgIpc) is 2.37. The molecule has 100 valence electrons. The van der Waals surface area contributed by atoms with Gasteiger partial charge in [0.05, 0.1) is 5.69 Å². The van der Waals surface area contributed by atoms with E-state index >= 15 is 0 Å². The molecule has 1 aromatic heterocycles. The van der Waals surface area contributed by atoms with Gasteiger partial charge in [0.15, 0.2) is 0 Å². The van der Waals surface area contributed by atoms with Crippen LogP contribution in [0, 0.1) is 12.7 Å². The number of phenols is 1. The van der Waals surface area contributed by atoms with Crippen LogP contribution in [0.1, 0.15) is 29.8 Å². The van der Waals surface area contributed by atoms with Crippen molar-refractivity contribution in [2.45, 2.75) is 26.4 Å². The first-order valence-corrected chi connectivity index (χ1v) is 6.20. The molecule has 0 aliphatic heterocycles. The third-order valence-corrected chi connectivity index (χ3v) is 3.14. The molecule has 0 saturated carbocycles. The minimum absolute atomic E-state index is 0.0611. The molecule has 0 spiro atoms. The Labute approximate surface area is 112 Å². The molecule has 0 aliphatic rings. The number of aromatic nitrogens is 1. The monoisotopic (exact) mass is 260 g/mol. The maximum absolute atomic E-state index is 13.7. The van der Waals surface area contributed by atoms with Gasteiger partial charge in [0.2, 0.25) is 0 Å². The molecule has 0 saturated heterocycles. The lowest BCUT2D eigenvalue weighted by atomic mass is 10.1. The highest BCUT2D eigenvalue weighted by Crippen LogP contribution is 2.21. The second-order valence-corrected chi connectivity index (χ2v) is 4.58. The van der Waals surface area contributed by atoms with Crippen LogP contribution >= 0.6 is 0 Å². The molecule has 1 unspecified atom stereocenters. The molecule has 2 N–H and O–H groups in total. The summed E-state index contributed by atoms with van der Waals surface area (Å²) in [6.07, 6.45) is 1.75. The zero-order valence-electron chi connectivity index (χ0n) is 11.0. The van der Waals surface area contributed by atoms with Crippen LogP contribution in [0.5, 0.6) is 5.75 Å². The Balaban J connectivity index is 2.05. The van der Waals surface area contributed by atoms with Crippen LogP contribution in [0.25, 0.3) is 0 Å². The van der Waals surface area contributed by atoms with Crippen molar-refractivity contribution in [3.05, 3.63) is 59.2 Å². The molecule has 0 amide bonds. The van der Waals surface area contributed by atoms with E-state index < -0.39 is 5.82 Å². The summed E-state index contributed by atoms with van der Waals surface area (Å²) >= 11 is 0. The molecular weight excluding hydrogens is 243 g/mol. The molecule has 0 radical (unpaired) electrons. The van der Waals surface area contributed by atoms with Gasteiger partial charge < -0.3 is 10.4 Å². The lowest BCUT2D eigenvalue weighted by Gasteiger charge is -2.15. The van der Waals surface area contributed by atoms with Gasteiger partial charge in [0, 0.05) is 30.4 Å². The number of pyridine rings is 1. The van der Waals surface area contributed by atoms with E-state index in [-0.39, 0.29) is 11.8 Å². The molecule has 1 atom stereocenters. The predicted octanol–water partition coefficient (Wildman–Crippen LogP) is 3.09. The number of nitrogens with zero attached hydrogens (tertiary/aromatic N) is 1. The van der Waals surface area contributed by atoms with Crippen molar-refractivity contribution in [3.63, 3.8) is 0 Å². The topological polar surface area (TPSA) is 45.2 Å². The van der Waals surface area contributed by atoms with Gasteiger partial charge in [0.25, 0.3) is 0 Å². The van der Waals surface area contributed by atoms with Crippen molar-refractivity contribution >= 4 is 0 Å². The maximum Gasteiger partial charge on any atom is 0.131 e. The third-order valence-electron chi connectivity index (χ3n) is 3.14. The number of aromatic hydroxyl groups is 1. The van der Waals surface area contributed by atoms with E-state index in [9.17, 15) is 9.50 Å². The van der Waals surface area contributed by atoms with Gasteiger partial charge >= 0.3 is 0 Å². The van der Waals surface area contributed by atoms with Crippen molar-refractivity contribution in [3.8, 4) is 5.75 Å². The zero-order valence-corrected chi connectivity index (χ0v) is 11.0. The molecule has 3 nitrogen and oxygen atoms in total. The van der Waals surface area contributed by atoms with Gasteiger partial charge in [-0.25, -0.2) is 4.39 Å². The highest BCUT2D eigenvalue weighted by molar-refractivity contribution is 5.29. The first-order chi connectivity index (χ1) is 9.08. The van der Waals surface area contributed by atoms with Crippen molar-refractivity contribution in [1.82, 2.24) is 10.3 Å². The Bertz CT molecular complexity index is 572. The Kier molecular flexibility index (Phi) is 4.12. The summed E-state index contributed by atoms with van der Waals surface area (Å²) in [4.78, 5) is 4.28. The molecule has 1 heterocycles. The number of rotatable bonds is 4. The lowest BCUT2D eigenvalue weighted by Crippen LogP contribution is -2.20. The summed E-state index contributed by atoms with van der Waals surface area (Å²) in [6.45, 7) is 4.46. The summed E-state index contributed by atoms with van der Waals surface area (Å²) in [5.41, 5.74) is 2.59. The van der Waals surface area contributed by atoms with Crippen LogP contribution in [0.3, 0.4) is 0 Å². The molecule has 0 fully saturated rings. The highest BCUT2D eigenvalue weighted by atomic mass is 19.1. The molecule has 2 rings (SSSR count). The molecule has 19 heavy (non-hydrogen) atoms. The number of hydrogen-bond acceptors (Lipinski definition) is 3. The molecule has 0 bridgehead atoms. The minimum atomic E-state index is -0.405. The van der Waals surface area contributed by atoms with E-state index in [1.807, 2.05) is 26.0 Å². The van der Waals surface area contributed by atoms with Gasteiger partial charge in [-0.1, -0.05) is 12.1 Å². The van der Waals surface area contributed by atoms with Crippen LogP contribution in [-0.4, -0.2) is 10.1 Å². The van der Waals surface area contributed by atoms with Gasteiger partial charge in [-0.2, -0.15) is 0 Å². The largest absolute Gasteiger partial charge is 0.508 e. The second-order valence-electron chi connectivity index (χ2n) is 4.58. The maximum atomic E-state index is 13.7. The smallest absolute Gasteiger partial charge is 0.131 e. The zero-order chi connectivity index (χ0) is 13.8. The molecule has 1 aromatic carbocycles. The standard InChI is InChI=1S/C15H17FN2O/c1-10-4-3-7-17-15(10)9-18-11(2)13-6-5-12(19)8-14(13)16/h3-8,11,18-19H,9H2,1-2H3. The Morgan fingerprint density at radius 3 is 2.84 bits per heavy atom. The van der Waals surface area contributed by atoms with E-state index in [1.54, 1.807) is 12.3 Å². The Morgan fingerprint density at radius 1 is 1.37 bits per heavy atom. The Hall–Kier alpha value is -1.94. The first kappa shape index (κ1) is 13.5. The third kappa shape index (κ3) is 3.29. The van der Waals surface area contributed by atoms with Crippen LogP contribution in [0.2, 0.25) is 0 Å². The van der Waals surface area contributed by atoms with Crippen molar-refractivity contribution in [2.75, 3.05) is 0 Å². The number of halogens is 1. The molecule has 2 aromatic rings. The van der Waals surface area contributed by atoms with E-state index in [0.29, 0.717) is 12.1 Å². The van der Waals surface area contributed by atoms with Crippen molar-refractivity contribution in [1.29, 1.82) is 0 Å². The van der Waals surface area contributed by atoms with Crippen LogP contribution in [0.15, 0.2) is 36.5 Å². The molecule has 4 heteroatoms. The summed E-state index contributed by atoms with van der Waals surface area (Å²) in [7, 11) is 0. The highest BCUT2D eigenvalue weighted by Gasteiger charge is 2.11. The average molecular weight is 260 g/mol. The van der Waals surface area contributed by atoms with Gasteiger partial charge in [-0.15, -0.1) is 0 Å². The summed E-state index contributed by atoms with van der Waals surface area (Å²) in [5, 5.41) is 12.4. The SMILES string of the molecule is Cc1cccnc1CNC(C)c1ccc(O)cc1F. The fraction of sp³-hybridized carbons (Fsp3) is 0.267. The van der Waals surface area contributed by atoms with Gasteiger partial charge in [-0.05, 0) is 31.5 Å². The number of phenolic OH excluding ortho intramolecular Hbond substituents is 1. The Morgan fingerprint density at radius 2 is 2.16 bits per heavy atom. The molecule has 0 aliphatic carbocycles. The van der Waals surface area contributed by atoms with E-state index in [2.05, 4.69) is 10.3 Å². The number of benzene rings is 1. The quantitative estimate of drug-likeness (QED) is 0.888. The molecular formula is C15H17FN2O. The van der Waals surface area contributed by atoms with Crippen LogP contribution < -0.4 is 5.32 Å². The minimum Gasteiger partial charge on any atom is -0.508 e. The number of aryl methyl sites for hydroxylation is 1. The predicted molar refractivity (Wildman–Crippen MR) is 72.3 cm³/mol. The van der Waals surface area contributed by atoms with Crippen molar-refractivity contribution < 1.29 is 9.50 Å². The summed E-state index contributed by atoms with van der Waals surface area (Å²) in [6, 6.07) is 7.94. The van der Waals surface area contributed by atoms with Crippen LogP contribution in [-0.2, 0) is 6.54 Å². The van der Waals surface area contributed by atoms with E-state index in [1.165, 1.54) is 6.07 Å². The van der Waals surface area contributed by atoms with Crippen LogP contribution in [0.4, 0.5) is 4.39 Å².